The number of hydrogen-bond acceptors (Lipinski definition) is 3. The Morgan fingerprint density at radius 3 is 2.73 bits per heavy atom. The molecule has 1 saturated carbocycles. The second-order valence-corrected chi connectivity index (χ2v) is 6.87. The van der Waals surface area contributed by atoms with E-state index in [0.29, 0.717) is 11.7 Å². The fourth-order valence-electron chi connectivity index (χ4n) is 3.75. The van der Waals surface area contributed by atoms with E-state index in [1.807, 2.05) is 41.1 Å². The van der Waals surface area contributed by atoms with Gasteiger partial charge in [-0.05, 0) is 48.6 Å². The number of rotatable bonds is 4. The number of aromatic nitrogens is 2. The molecule has 0 saturated heterocycles. The van der Waals surface area contributed by atoms with Gasteiger partial charge in [-0.25, -0.2) is 4.98 Å². The first-order valence-electron chi connectivity index (χ1n) is 9.09. The zero-order valence-corrected chi connectivity index (χ0v) is 14.9. The number of carbonyl (C=O) groups excluding carboxylic acids is 1. The molecule has 1 N–H and O–H groups in total. The lowest BCUT2D eigenvalue weighted by molar-refractivity contribution is 0.0599. The largest absolute Gasteiger partial charge is 0.381 e. The van der Waals surface area contributed by atoms with Crippen LogP contribution >= 0.6 is 0 Å². The Morgan fingerprint density at radius 2 is 2.00 bits per heavy atom. The van der Waals surface area contributed by atoms with Gasteiger partial charge in [0.1, 0.15) is 0 Å². The molecule has 1 aromatic heterocycles. The molecule has 4 rings (SSSR count). The van der Waals surface area contributed by atoms with Crippen LogP contribution in [0, 0.1) is 0 Å². The smallest absolute Gasteiger partial charge is 0.252 e. The molecule has 26 heavy (non-hydrogen) atoms. The number of nitrogens with one attached hydrogen (secondary N) is 1. The van der Waals surface area contributed by atoms with Crippen molar-refractivity contribution in [2.24, 2.45) is 0 Å². The van der Waals surface area contributed by atoms with Crippen molar-refractivity contribution >= 4 is 16.7 Å². The molecule has 0 bridgehead atoms. The van der Waals surface area contributed by atoms with Crippen molar-refractivity contribution in [2.75, 3.05) is 7.11 Å². The van der Waals surface area contributed by atoms with E-state index in [2.05, 4.69) is 16.4 Å². The summed E-state index contributed by atoms with van der Waals surface area (Å²) in [6, 6.07) is 12.2. The molecule has 5 nitrogen and oxygen atoms in total. The molecule has 0 atom stereocenters. The van der Waals surface area contributed by atoms with Crippen LogP contribution < -0.4 is 5.32 Å². The maximum absolute atomic E-state index is 13.0. The van der Waals surface area contributed by atoms with Crippen molar-refractivity contribution in [3.05, 3.63) is 60.7 Å². The standard InChI is InChI=1S/C21H23N3O2/c1-26-18-8-6-16(7-9-18)23-21(25)20-13-17(24-11-10-22-14-24)12-15-4-2-3-5-19(15)20/h2-5,10-14,16,18H,6-9H2,1H3,(H,23,25). The van der Waals surface area contributed by atoms with Gasteiger partial charge in [0, 0.05) is 36.8 Å². The van der Waals surface area contributed by atoms with Crippen molar-refractivity contribution < 1.29 is 9.53 Å². The van der Waals surface area contributed by atoms with E-state index in [0.717, 1.165) is 42.1 Å². The minimum atomic E-state index is -0.0102. The van der Waals surface area contributed by atoms with Gasteiger partial charge in [0.25, 0.3) is 5.91 Å². The van der Waals surface area contributed by atoms with E-state index in [-0.39, 0.29) is 11.9 Å². The molecule has 0 aliphatic heterocycles. The minimum Gasteiger partial charge on any atom is -0.381 e. The number of methoxy groups -OCH3 is 1. The normalized spacial score (nSPS) is 20.2. The number of imidazole rings is 1. The van der Waals surface area contributed by atoms with Crippen LogP contribution in [-0.4, -0.2) is 34.7 Å². The highest BCUT2D eigenvalue weighted by Gasteiger charge is 2.23. The SMILES string of the molecule is COC1CCC(NC(=O)c2cc(-n3ccnc3)cc3ccccc23)CC1. The number of ether oxygens (including phenoxy) is 1. The van der Waals surface area contributed by atoms with Gasteiger partial charge in [-0.15, -0.1) is 0 Å². The summed E-state index contributed by atoms with van der Waals surface area (Å²) in [6.07, 6.45) is 9.62. The van der Waals surface area contributed by atoms with Crippen LogP contribution in [0.2, 0.25) is 0 Å². The highest BCUT2D eigenvalue weighted by molar-refractivity contribution is 6.08. The Morgan fingerprint density at radius 1 is 1.19 bits per heavy atom. The topological polar surface area (TPSA) is 56.1 Å². The lowest BCUT2D eigenvalue weighted by Gasteiger charge is -2.28. The second-order valence-electron chi connectivity index (χ2n) is 6.87. The maximum Gasteiger partial charge on any atom is 0.252 e. The van der Waals surface area contributed by atoms with Gasteiger partial charge in [-0.1, -0.05) is 24.3 Å². The molecule has 0 spiro atoms. The summed E-state index contributed by atoms with van der Waals surface area (Å²) in [5.41, 5.74) is 1.65. The van der Waals surface area contributed by atoms with Gasteiger partial charge in [0.2, 0.25) is 0 Å². The highest BCUT2D eigenvalue weighted by Crippen LogP contribution is 2.25. The van der Waals surface area contributed by atoms with Crippen LogP contribution in [0.25, 0.3) is 16.5 Å². The molecule has 1 aliphatic carbocycles. The third kappa shape index (κ3) is 3.35. The van der Waals surface area contributed by atoms with Crippen LogP contribution in [0.15, 0.2) is 55.1 Å². The molecule has 5 heteroatoms. The Bertz CT molecular complexity index is 897. The molecule has 1 amide bonds. The Balaban J connectivity index is 1.63. The van der Waals surface area contributed by atoms with Crippen molar-refractivity contribution in [1.82, 2.24) is 14.9 Å². The molecule has 2 aromatic carbocycles. The van der Waals surface area contributed by atoms with Gasteiger partial charge in [-0.3, -0.25) is 4.79 Å². The molecule has 1 fully saturated rings. The molecular formula is C21H23N3O2. The summed E-state index contributed by atoms with van der Waals surface area (Å²) in [7, 11) is 1.76. The Hall–Kier alpha value is -2.66. The van der Waals surface area contributed by atoms with E-state index in [1.165, 1.54) is 0 Å². The first kappa shape index (κ1) is 16.8. The lowest BCUT2D eigenvalue weighted by atomic mass is 9.92. The van der Waals surface area contributed by atoms with Crippen LogP contribution in [0.4, 0.5) is 0 Å². The van der Waals surface area contributed by atoms with Crippen molar-refractivity contribution in [2.45, 2.75) is 37.8 Å². The fraction of sp³-hybridized carbons (Fsp3) is 0.333. The minimum absolute atomic E-state index is 0.0102. The first-order valence-corrected chi connectivity index (χ1v) is 9.09. The van der Waals surface area contributed by atoms with Crippen LogP contribution in [-0.2, 0) is 4.74 Å². The van der Waals surface area contributed by atoms with E-state index < -0.39 is 0 Å². The van der Waals surface area contributed by atoms with E-state index in [1.54, 1.807) is 19.6 Å². The maximum atomic E-state index is 13.0. The van der Waals surface area contributed by atoms with Gasteiger partial charge in [0.05, 0.1) is 12.4 Å². The molecule has 3 aromatic rings. The average molecular weight is 349 g/mol. The summed E-state index contributed by atoms with van der Waals surface area (Å²) >= 11 is 0. The molecule has 1 heterocycles. The van der Waals surface area contributed by atoms with E-state index in [9.17, 15) is 4.79 Å². The Labute approximate surface area is 153 Å². The van der Waals surface area contributed by atoms with Crippen LogP contribution in [0.1, 0.15) is 36.0 Å². The summed E-state index contributed by atoms with van der Waals surface area (Å²) in [4.78, 5) is 17.1. The number of amides is 1. The van der Waals surface area contributed by atoms with Crippen LogP contribution in [0.5, 0.6) is 0 Å². The average Bonchev–Trinajstić information content (AvgIpc) is 3.22. The van der Waals surface area contributed by atoms with Crippen molar-refractivity contribution in [1.29, 1.82) is 0 Å². The second kappa shape index (κ2) is 7.30. The van der Waals surface area contributed by atoms with Gasteiger partial charge < -0.3 is 14.6 Å². The van der Waals surface area contributed by atoms with E-state index in [4.69, 9.17) is 4.74 Å². The first-order chi connectivity index (χ1) is 12.7. The Kier molecular flexibility index (Phi) is 4.71. The summed E-state index contributed by atoms with van der Waals surface area (Å²) in [6.45, 7) is 0. The van der Waals surface area contributed by atoms with Gasteiger partial charge >= 0.3 is 0 Å². The fourth-order valence-corrected chi connectivity index (χ4v) is 3.75. The van der Waals surface area contributed by atoms with Crippen molar-refractivity contribution in [3.63, 3.8) is 0 Å². The van der Waals surface area contributed by atoms with Crippen molar-refractivity contribution in [3.8, 4) is 5.69 Å². The molecule has 134 valence electrons. The quantitative estimate of drug-likeness (QED) is 0.781. The predicted molar refractivity (Wildman–Crippen MR) is 102 cm³/mol. The van der Waals surface area contributed by atoms with Crippen LogP contribution in [0.3, 0.4) is 0 Å². The number of hydrogen-bond donors (Lipinski definition) is 1. The summed E-state index contributed by atoms with van der Waals surface area (Å²) in [5.74, 6) is -0.0102. The van der Waals surface area contributed by atoms with Gasteiger partial charge in [0.15, 0.2) is 0 Å². The number of fused-ring (bicyclic) bond motifs is 1. The monoisotopic (exact) mass is 349 g/mol. The van der Waals surface area contributed by atoms with E-state index >= 15 is 0 Å². The number of carbonyl (C=O) groups is 1. The molecule has 0 unspecified atom stereocenters. The zero-order valence-electron chi connectivity index (χ0n) is 14.9. The van der Waals surface area contributed by atoms with Gasteiger partial charge in [-0.2, -0.15) is 0 Å². The lowest BCUT2D eigenvalue weighted by Crippen LogP contribution is -2.39. The highest BCUT2D eigenvalue weighted by atomic mass is 16.5. The number of nitrogens with zero attached hydrogens (tertiary/aromatic N) is 2. The summed E-state index contributed by atoms with van der Waals surface area (Å²) in [5, 5.41) is 5.24. The molecule has 0 radical (unpaired) electrons. The molecule has 1 aliphatic rings. The predicted octanol–water partition coefficient (Wildman–Crippen LogP) is 3.71. The third-order valence-corrected chi connectivity index (χ3v) is 5.24. The summed E-state index contributed by atoms with van der Waals surface area (Å²) < 4.78 is 7.35. The third-order valence-electron chi connectivity index (χ3n) is 5.24. The number of benzene rings is 2. The zero-order chi connectivity index (χ0) is 17.9. The molecular weight excluding hydrogens is 326 g/mol.